The van der Waals surface area contributed by atoms with E-state index in [4.69, 9.17) is 9.73 Å². The average Bonchev–Trinajstić information content (AvgIpc) is 3.48. The molecule has 0 amide bonds. The van der Waals surface area contributed by atoms with Crippen LogP contribution in [0.4, 0.5) is 0 Å². The Morgan fingerprint density at radius 1 is 0.816 bits per heavy atom. The number of H-pyrrole nitrogens is 1. The molecule has 1 aliphatic carbocycles. The number of aryl methyl sites for hydroxylation is 2. The van der Waals surface area contributed by atoms with Crippen LogP contribution in [0.15, 0.2) is 70.1 Å². The third-order valence-corrected chi connectivity index (χ3v) is 8.32. The van der Waals surface area contributed by atoms with E-state index in [2.05, 4.69) is 109 Å². The lowest BCUT2D eigenvalue weighted by Crippen LogP contribution is -2.07. The molecule has 2 heterocycles. The van der Waals surface area contributed by atoms with Gasteiger partial charge < -0.3 is 9.72 Å². The summed E-state index contributed by atoms with van der Waals surface area (Å²) in [4.78, 5) is 8.98. The highest BCUT2D eigenvalue weighted by Gasteiger charge is 2.26. The Balaban J connectivity index is 1.46. The van der Waals surface area contributed by atoms with E-state index in [0.29, 0.717) is 11.8 Å². The van der Waals surface area contributed by atoms with Crippen molar-refractivity contribution >= 4 is 33.4 Å². The third kappa shape index (κ3) is 4.35. The molecule has 0 unspecified atom stereocenters. The van der Waals surface area contributed by atoms with Crippen LogP contribution in [0.3, 0.4) is 0 Å². The second-order valence-corrected chi connectivity index (χ2v) is 11.9. The Bertz CT molecular complexity index is 1620. The molecule has 0 bridgehead atoms. The number of nitrogens with one attached hydrogen (secondary N) is 1. The van der Waals surface area contributed by atoms with Crippen LogP contribution in [0.5, 0.6) is 5.75 Å². The maximum Gasteiger partial charge on any atom is 0.119 e. The average molecular weight is 566 g/mol. The Morgan fingerprint density at radius 3 is 2.34 bits per heavy atom. The van der Waals surface area contributed by atoms with Crippen molar-refractivity contribution < 1.29 is 4.74 Å². The lowest BCUT2D eigenvalue weighted by Gasteiger charge is -2.17. The highest BCUT2D eigenvalue weighted by atomic mass is 79.9. The molecule has 0 saturated carbocycles. The zero-order valence-electron chi connectivity index (χ0n) is 22.7. The summed E-state index contributed by atoms with van der Waals surface area (Å²) in [7, 11) is 1.73. The fraction of sp³-hybridized carbons (Fsp3) is 0.265. The van der Waals surface area contributed by atoms with Crippen LogP contribution in [0.25, 0.3) is 23.0 Å². The van der Waals surface area contributed by atoms with Crippen molar-refractivity contribution in [3.63, 3.8) is 0 Å². The van der Waals surface area contributed by atoms with Gasteiger partial charge in [-0.1, -0.05) is 67.9 Å². The number of aromatic nitrogens is 1. The Labute approximate surface area is 233 Å². The topological polar surface area (TPSA) is 37.4 Å². The zero-order chi connectivity index (χ0) is 26.6. The van der Waals surface area contributed by atoms with Gasteiger partial charge in [0.1, 0.15) is 5.75 Å². The molecule has 3 nitrogen and oxygen atoms in total. The van der Waals surface area contributed by atoms with Crippen molar-refractivity contribution in [1.82, 2.24) is 4.98 Å². The highest BCUT2D eigenvalue weighted by Crippen LogP contribution is 2.39. The molecule has 4 aromatic rings. The summed E-state index contributed by atoms with van der Waals surface area (Å²) >= 11 is 3.70. The summed E-state index contributed by atoms with van der Waals surface area (Å²) in [5.41, 5.74) is 14.6. The van der Waals surface area contributed by atoms with Crippen LogP contribution in [-0.2, 0) is 12.8 Å². The molecule has 0 atom stereocenters. The molecule has 0 radical (unpaired) electrons. The number of ether oxygens (including phenoxy) is 1. The molecule has 1 aromatic heterocycles. The molecule has 1 aliphatic heterocycles. The summed E-state index contributed by atoms with van der Waals surface area (Å²) in [6.07, 6.45) is 4.25. The van der Waals surface area contributed by atoms with E-state index in [9.17, 15) is 0 Å². The van der Waals surface area contributed by atoms with Crippen molar-refractivity contribution in [3.8, 4) is 17.0 Å². The SMILES string of the molecule is COc1ccc2c(c1)CCc1cc(/C=C3\N=C(c4ccc(C(C)C)cc4C(C)C)c4ccc(Br)cc43)[nH]c1-2. The van der Waals surface area contributed by atoms with Gasteiger partial charge in [0, 0.05) is 38.1 Å². The molecule has 38 heavy (non-hydrogen) atoms. The molecule has 6 rings (SSSR count). The minimum Gasteiger partial charge on any atom is -0.497 e. The van der Waals surface area contributed by atoms with Crippen LogP contribution in [0.2, 0.25) is 0 Å². The van der Waals surface area contributed by atoms with E-state index in [1.807, 2.05) is 6.07 Å². The number of methoxy groups -OCH3 is 1. The largest absolute Gasteiger partial charge is 0.497 e. The van der Waals surface area contributed by atoms with Crippen LogP contribution in [0.1, 0.15) is 84.2 Å². The number of rotatable bonds is 5. The number of nitrogens with zero attached hydrogens (tertiary/aromatic N) is 1. The lowest BCUT2D eigenvalue weighted by atomic mass is 9.87. The van der Waals surface area contributed by atoms with Gasteiger partial charge in [-0.15, -0.1) is 0 Å². The van der Waals surface area contributed by atoms with Crippen molar-refractivity contribution in [1.29, 1.82) is 0 Å². The number of halogens is 1. The van der Waals surface area contributed by atoms with E-state index in [1.54, 1.807) is 7.11 Å². The first-order valence-corrected chi connectivity index (χ1v) is 14.3. The third-order valence-electron chi connectivity index (χ3n) is 7.82. The number of fused-ring (bicyclic) bond motifs is 4. The quantitative estimate of drug-likeness (QED) is 0.257. The van der Waals surface area contributed by atoms with Gasteiger partial charge in [0.2, 0.25) is 0 Å². The van der Waals surface area contributed by atoms with E-state index < -0.39 is 0 Å². The van der Waals surface area contributed by atoms with Crippen LogP contribution >= 0.6 is 15.9 Å². The predicted octanol–water partition coefficient (Wildman–Crippen LogP) is 9.15. The first kappa shape index (κ1) is 24.9. The number of hydrogen-bond donors (Lipinski definition) is 1. The molecule has 4 heteroatoms. The lowest BCUT2D eigenvalue weighted by molar-refractivity contribution is 0.414. The van der Waals surface area contributed by atoms with Gasteiger partial charge in [0.25, 0.3) is 0 Å². The molecular weight excluding hydrogens is 532 g/mol. The summed E-state index contributed by atoms with van der Waals surface area (Å²) in [6.45, 7) is 9.05. The smallest absolute Gasteiger partial charge is 0.119 e. The van der Waals surface area contributed by atoms with Crippen molar-refractivity contribution in [2.75, 3.05) is 7.11 Å². The summed E-state index contributed by atoms with van der Waals surface area (Å²) in [5.74, 6) is 1.82. The van der Waals surface area contributed by atoms with Crippen LogP contribution in [-0.4, -0.2) is 17.8 Å². The van der Waals surface area contributed by atoms with Crippen molar-refractivity contribution in [3.05, 3.63) is 110 Å². The normalized spacial score (nSPS) is 15.1. The number of aliphatic imine (C=N–C) groups is 1. The fourth-order valence-electron chi connectivity index (χ4n) is 5.72. The minimum atomic E-state index is 0.409. The second-order valence-electron chi connectivity index (χ2n) is 11.0. The molecule has 2 aliphatic rings. The number of aromatic amines is 1. The Kier molecular flexibility index (Phi) is 6.39. The molecular formula is C34H33BrN2O. The maximum atomic E-state index is 5.45. The van der Waals surface area contributed by atoms with E-state index in [-0.39, 0.29) is 0 Å². The number of hydrogen-bond acceptors (Lipinski definition) is 2. The molecule has 0 fully saturated rings. The minimum absolute atomic E-state index is 0.409. The Morgan fingerprint density at radius 2 is 1.58 bits per heavy atom. The molecule has 3 aromatic carbocycles. The summed E-state index contributed by atoms with van der Waals surface area (Å²) in [5, 5.41) is 0. The van der Waals surface area contributed by atoms with E-state index in [1.165, 1.54) is 44.6 Å². The molecule has 0 spiro atoms. The van der Waals surface area contributed by atoms with Crippen LogP contribution in [0, 0.1) is 0 Å². The monoisotopic (exact) mass is 564 g/mol. The maximum absolute atomic E-state index is 5.45. The first-order chi connectivity index (χ1) is 18.3. The summed E-state index contributed by atoms with van der Waals surface area (Å²) in [6, 6.07) is 22.1. The number of benzene rings is 3. The molecule has 1 N–H and O–H groups in total. The van der Waals surface area contributed by atoms with Crippen LogP contribution < -0.4 is 4.74 Å². The van der Waals surface area contributed by atoms with Gasteiger partial charge in [-0.25, -0.2) is 4.99 Å². The van der Waals surface area contributed by atoms with Gasteiger partial charge in [-0.2, -0.15) is 0 Å². The fourth-order valence-corrected chi connectivity index (χ4v) is 6.09. The van der Waals surface area contributed by atoms with Crippen molar-refractivity contribution in [2.45, 2.75) is 52.4 Å². The van der Waals surface area contributed by atoms with Gasteiger partial charge >= 0.3 is 0 Å². The summed E-state index contributed by atoms with van der Waals surface area (Å²) < 4.78 is 6.52. The molecule has 192 valence electrons. The standard InChI is InChI=1S/C34H33BrN2O/c1-19(2)21-8-11-28(30(16-21)20(3)4)34-29-12-9-24(35)17-31(29)32(37-34)18-25-14-23-7-6-22-15-26(38-5)10-13-27(22)33(23)36-25/h8-20,36H,6-7H2,1-5H3/b32-18-. The molecule has 0 saturated heterocycles. The van der Waals surface area contributed by atoms with Gasteiger partial charge in [-0.05, 0) is 89.4 Å². The van der Waals surface area contributed by atoms with Crippen molar-refractivity contribution in [2.24, 2.45) is 4.99 Å². The Hall–Kier alpha value is -3.37. The van der Waals surface area contributed by atoms with Gasteiger partial charge in [0.05, 0.1) is 18.5 Å². The van der Waals surface area contributed by atoms with Gasteiger partial charge in [-0.3, -0.25) is 0 Å². The van der Waals surface area contributed by atoms with E-state index in [0.717, 1.165) is 45.7 Å². The first-order valence-electron chi connectivity index (χ1n) is 13.5. The zero-order valence-corrected chi connectivity index (χ0v) is 24.2. The second kappa shape index (κ2) is 9.74. The van der Waals surface area contributed by atoms with Gasteiger partial charge in [0.15, 0.2) is 0 Å². The highest BCUT2D eigenvalue weighted by molar-refractivity contribution is 9.10. The predicted molar refractivity (Wildman–Crippen MR) is 162 cm³/mol. The van der Waals surface area contributed by atoms with E-state index >= 15 is 0 Å².